The predicted octanol–water partition coefficient (Wildman–Crippen LogP) is 1.35. The van der Waals surface area contributed by atoms with E-state index in [-0.39, 0.29) is 6.04 Å². The number of methoxy groups -OCH3 is 1. The van der Waals surface area contributed by atoms with Crippen LogP contribution in [0.3, 0.4) is 0 Å². The minimum absolute atomic E-state index is 0.179. The van der Waals surface area contributed by atoms with Crippen molar-refractivity contribution in [3.63, 3.8) is 0 Å². The number of benzene rings is 1. The van der Waals surface area contributed by atoms with E-state index in [0.717, 1.165) is 24.3 Å². The molecule has 0 spiro atoms. The molecular weight excluding hydrogens is 252 g/mol. The van der Waals surface area contributed by atoms with E-state index in [2.05, 4.69) is 28.7 Å². The van der Waals surface area contributed by atoms with E-state index >= 15 is 0 Å². The number of nitrogens with zero attached hydrogens (tertiary/aromatic N) is 2. The molecule has 0 aliphatic carbocycles. The molecule has 3 N–H and O–H groups in total. The summed E-state index contributed by atoms with van der Waals surface area (Å²) in [6.45, 7) is 2.00. The summed E-state index contributed by atoms with van der Waals surface area (Å²) in [7, 11) is 3.63. The molecule has 0 fully saturated rings. The van der Waals surface area contributed by atoms with Crippen LogP contribution in [0.5, 0.6) is 5.75 Å². The summed E-state index contributed by atoms with van der Waals surface area (Å²) in [5.74, 6) is 6.55. The van der Waals surface area contributed by atoms with Crippen LogP contribution in [0.4, 0.5) is 0 Å². The number of hydrogen-bond donors (Lipinski definition) is 2. The summed E-state index contributed by atoms with van der Waals surface area (Å²) in [4.78, 5) is 0. The average Bonchev–Trinajstić information content (AvgIpc) is 2.77. The minimum atomic E-state index is 0.179. The summed E-state index contributed by atoms with van der Waals surface area (Å²) in [5, 5.41) is 4.36. The Hall–Kier alpha value is -1.85. The lowest BCUT2D eigenvalue weighted by Crippen LogP contribution is -2.38. The fourth-order valence-corrected chi connectivity index (χ4v) is 2.34. The van der Waals surface area contributed by atoms with Crippen LogP contribution in [0.25, 0.3) is 0 Å². The van der Waals surface area contributed by atoms with E-state index in [1.165, 1.54) is 11.3 Å². The number of hydrazine groups is 1. The highest BCUT2D eigenvalue weighted by atomic mass is 16.5. The molecule has 0 saturated carbocycles. The highest BCUT2D eigenvalue weighted by molar-refractivity contribution is 5.27. The third kappa shape index (κ3) is 3.59. The molecule has 108 valence electrons. The van der Waals surface area contributed by atoms with Gasteiger partial charge in [-0.1, -0.05) is 12.1 Å². The van der Waals surface area contributed by atoms with Crippen LogP contribution in [0.2, 0.25) is 0 Å². The molecule has 0 saturated heterocycles. The smallest absolute Gasteiger partial charge is 0.118 e. The molecule has 20 heavy (non-hydrogen) atoms. The molecule has 0 amide bonds. The molecule has 0 radical (unpaired) electrons. The lowest BCUT2D eigenvalue weighted by Gasteiger charge is -2.16. The van der Waals surface area contributed by atoms with Crippen LogP contribution in [0.15, 0.2) is 30.3 Å². The predicted molar refractivity (Wildman–Crippen MR) is 79.5 cm³/mol. The summed E-state index contributed by atoms with van der Waals surface area (Å²) in [6.07, 6.45) is 1.71. The van der Waals surface area contributed by atoms with Crippen molar-refractivity contribution in [2.24, 2.45) is 12.9 Å². The Morgan fingerprint density at radius 3 is 2.50 bits per heavy atom. The molecule has 2 aromatic rings. The lowest BCUT2D eigenvalue weighted by atomic mass is 10.0. The third-order valence-electron chi connectivity index (χ3n) is 3.43. The first-order valence-corrected chi connectivity index (χ1v) is 6.71. The van der Waals surface area contributed by atoms with Gasteiger partial charge in [0.1, 0.15) is 5.75 Å². The zero-order valence-electron chi connectivity index (χ0n) is 12.3. The van der Waals surface area contributed by atoms with Gasteiger partial charge in [-0.15, -0.1) is 0 Å². The number of aryl methyl sites for hydroxylation is 2. The van der Waals surface area contributed by atoms with Gasteiger partial charge in [0.15, 0.2) is 0 Å². The number of hydrogen-bond acceptors (Lipinski definition) is 4. The van der Waals surface area contributed by atoms with Crippen molar-refractivity contribution in [1.29, 1.82) is 0 Å². The van der Waals surface area contributed by atoms with E-state index in [4.69, 9.17) is 10.6 Å². The van der Waals surface area contributed by atoms with E-state index in [9.17, 15) is 0 Å². The van der Waals surface area contributed by atoms with Crippen LogP contribution in [0, 0.1) is 6.92 Å². The van der Waals surface area contributed by atoms with Gasteiger partial charge in [0.2, 0.25) is 0 Å². The standard InChI is InChI=1S/C15H22N4O/c1-11-8-14(19(2)18-11)10-13(17-16)9-12-4-6-15(20-3)7-5-12/h4-8,13,17H,9-10,16H2,1-3H3. The molecule has 2 rings (SSSR count). The van der Waals surface area contributed by atoms with Crippen molar-refractivity contribution < 1.29 is 4.74 Å². The summed E-state index contributed by atoms with van der Waals surface area (Å²) < 4.78 is 7.07. The molecule has 1 aromatic carbocycles. The van der Waals surface area contributed by atoms with E-state index in [0.29, 0.717) is 0 Å². The highest BCUT2D eigenvalue weighted by Crippen LogP contribution is 2.14. The number of aromatic nitrogens is 2. The quantitative estimate of drug-likeness (QED) is 0.616. The van der Waals surface area contributed by atoms with Gasteiger partial charge in [-0.2, -0.15) is 5.10 Å². The molecule has 1 aromatic heterocycles. The maximum Gasteiger partial charge on any atom is 0.118 e. The molecule has 1 unspecified atom stereocenters. The third-order valence-corrected chi connectivity index (χ3v) is 3.43. The molecule has 1 atom stereocenters. The van der Waals surface area contributed by atoms with Crippen molar-refractivity contribution >= 4 is 0 Å². The number of nitrogens with two attached hydrogens (primary N) is 1. The van der Waals surface area contributed by atoms with Gasteiger partial charge in [-0.25, -0.2) is 0 Å². The Morgan fingerprint density at radius 2 is 2.00 bits per heavy atom. The second kappa shape index (κ2) is 6.54. The van der Waals surface area contributed by atoms with Gasteiger partial charge < -0.3 is 4.74 Å². The van der Waals surface area contributed by atoms with E-state index in [1.54, 1.807) is 7.11 Å². The van der Waals surface area contributed by atoms with Crippen molar-refractivity contribution in [2.75, 3.05) is 7.11 Å². The fourth-order valence-electron chi connectivity index (χ4n) is 2.34. The molecular formula is C15H22N4O. The summed E-state index contributed by atoms with van der Waals surface area (Å²) in [5.41, 5.74) is 6.33. The second-order valence-corrected chi connectivity index (χ2v) is 5.02. The normalized spacial score (nSPS) is 12.4. The number of nitrogens with one attached hydrogen (secondary N) is 1. The van der Waals surface area contributed by atoms with E-state index in [1.807, 2.05) is 30.8 Å². The maximum absolute atomic E-state index is 5.68. The molecule has 0 bridgehead atoms. The monoisotopic (exact) mass is 274 g/mol. The second-order valence-electron chi connectivity index (χ2n) is 5.02. The zero-order chi connectivity index (χ0) is 14.5. The van der Waals surface area contributed by atoms with Crippen molar-refractivity contribution in [3.05, 3.63) is 47.3 Å². The van der Waals surface area contributed by atoms with Crippen LogP contribution in [-0.2, 0) is 19.9 Å². The molecule has 5 nitrogen and oxygen atoms in total. The van der Waals surface area contributed by atoms with Gasteiger partial charge in [0.05, 0.1) is 12.8 Å². The Labute approximate surface area is 119 Å². The zero-order valence-corrected chi connectivity index (χ0v) is 12.3. The minimum Gasteiger partial charge on any atom is -0.497 e. The number of ether oxygens (including phenoxy) is 1. The molecule has 0 aliphatic heterocycles. The Bertz CT molecular complexity index is 548. The van der Waals surface area contributed by atoms with Crippen LogP contribution >= 0.6 is 0 Å². The first-order chi connectivity index (χ1) is 9.62. The van der Waals surface area contributed by atoms with Crippen molar-refractivity contribution in [3.8, 4) is 5.75 Å². The fraction of sp³-hybridized carbons (Fsp3) is 0.400. The topological polar surface area (TPSA) is 65.1 Å². The largest absolute Gasteiger partial charge is 0.497 e. The maximum atomic E-state index is 5.68. The Morgan fingerprint density at radius 1 is 1.30 bits per heavy atom. The first-order valence-electron chi connectivity index (χ1n) is 6.71. The number of rotatable bonds is 6. The van der Waals surface area contributed by atoms with Crippen molar-refractivity contribution in [2.45, 2.75) is 25.8 Å². The van der Waals surface area contributed by atoms with Gasteiger partial charge in [-0.3, -0.25) is 16.0 Å². The molecule has 0 aliphatic rings. The SMILES string of the molecule is COc1ccc(CC(Cc2cc(C)nn2C)NN)cc1. The van der Waals surface area contributed by atoms with Crippen LogP contribution in [0.1, 0.15) is 17.0 Å². The average molecular weight is 274 g/mol. The highest BCUT2D eigenvalue weighted by Gasteiger charge is 2.12. The van der Waals surface area contributed by atoms with Gasteiger partial charge >= 0.3 is 0 Å². The Kier molecular flexibility index (Phi) is 4.76. The summed E-state index contributed by atoms with van der Waals surface area (Å²) in [6, 6.07) is 10.3. The van der Waals surface area contributed by atoms with Crippen LogP contribution < -0.4 is 16.0 Å². The van der Waals surface area contributed by atoms with Gasteiger partial charge in [0, 0.05) is 25.2 Å². The summed E-state index contributed by atoms with van der Waals surface area (Å²) >= 11 is 0. The van der Waals surface area contributed by atoms with E-state index < -0.39 is 0 Å². The van der Waals surface area contributed by atoms with Crippen molar-refractivity contribution in [1.82, 2.24) is 15.2 Å². The first kappa shape index (κ1) is 14.6. The molecule has 5 heteroatoms. The van der Waals surface area contributed by atoms with Gasteiger partial charge in [-0.05, 0) is 37.1 Å². The lowest BCUT2D eigenvalue weighted by molar-refractivity contribution is 0.414. The Balaban J connectivity index is 2.02. The van der Waals surface area contributed by atoms with Crippen LogP contribution in [-0.4, -0.2) is 22.9 Å². The van der Waals surface area contributed by atoms with Gasteiger partial charge in [0.25, 0.3) is 0 Å². The molecule has 1 heterocycles.